The van der Waals surface area contributed by atoms with Crippen molar-refractivity contribution in [3.63, 3.8) is 0 Å². The zero-order chi connectivity index (χ0) is 26.7. The normalized spacial score (nSPS) is 10.6. The van der Waals surface area contributed by atoms with Crippen molar-refractivity contribution in [2.45, 2.75) is 72.2 Å². The molecule has 0 aliphatic rings. The molecule has 0 atom stereocenters. The molecule has 0 aliphatic heterocycles. The molecule has 1 N–H and O–H groups in total. The summed E-state index contributed by atoms with van der Waals surface area (Å²) in [7, 11) is 2.39. The minimum atomic E-state index is -0.861. The number of nitrogens with zero attached hydrogens (tertiary/aromatic N) is 2. The molecule has 0 aliphatic carbocycles. The predicted molar refractivity (Wildman–Crippen MR) is 151 cm³/mol. The van der Waals surface area contributed by atoms with Gasteiger partial charge >= 0.3 is 59.1 Å². The van der Waals surface area contributed by atoms with E-state index in [1.807, 2.05) is 48.5 Å². The molecule has 0 unspecified atom stereocenters. The molecular formula is C27H49N2OSi2W-3. The van der Waals surface area contributed by atoms with Crippen LogP contribution in [0.5, 0.6) is 0 Å². The quantitative estimate of drug-likeness (QED) is 0.271. The molecule has 0 heterocycles. The minimum absolute atomic E-state index is 0.500. The van der Waals surface area contributed by atoms with Gasteiger partial charge in [-0.15, -0.1) is 21.7 Å². The second-order valence-corrected chi connectivity index (χ2v) is 22.2. The number of hydrogen-bond donors (Lipinski definition) is 1. The molecule has 0 fully saturated rings. The van der Waals surface area contributed by atoms with Crippen LogP contribution >= 0.6 is 0 Å². The Bertz CT molecular complexity index is 644. The molecule has 0 bridgehead atoms. The van der Waals surface area contributed by atoms with Crippen molar-refractivity contribution in [3.8, 4) is 0 Å². The van der Waals surface area contributed by atoms with Crippen molar-refractivity contribution in [1.29, 1.82) is 0 Å². The first-order chi connectivity index (χ1) is 14.7. The zero-order valence-corrected chi connectivity index (χ0v) is 28.0. The predicted octanol–water partition coefficient (Wildman–Crippen LogP) is 7.77. The summed E-state index contributed by atoms with van der Waals surface area (Å²) in [6.45, 7) is 27.3. The second-order valence-electron chi connectivity index (χ2n) is 11.3. The Hall–Kier alpha value is -0.718. The van der Waals surface area contributed by atoms with E-state index in [1.54, 1.807) is 20.8 Å². The number of hydrogen-bond acceptors (Lipinski definition) is 3. The van der Waals surface area contributed by atoms with Gasteiger partial charge in [-0.05, 0) is 34.9 Å². The first-order valence-electron chi connectivity index (χ1n) is 11.1. The summed E-state index contributed by atoms with van der Waals surface area (Å²) in [5.74, 6) is 0. The Morgan fingerprint density at radius 1 is 0.879 bits per heavy atom. The van der Waals surface area contributed by atoms with Gasteiger partial charge < -0.3 is 23.1 Å². The topological polar surface area (TPSA) is 35.8 Å². The Kier molecular flexibility index (Phi) is 21.9. The molecule has 0 radical (unpaired) electrons. The van der Waals surface area contributed by atoms with Crippen molar-refractivity contribution < 1.29 is 24.7 Å². The van der Waals surface area contributed by atoms with Gasteiger partial charge in [0.25, 0.3) is 0 Å². The summed E-state index contributed by atoms with van der Waals surface area (Å²) in [6.07, 6.45) is 0. The molecule has 0 amide bonds. The molecule has 3 nitrogen and oxygen atoms in total. The number of rotatable bonds is 3. The van der Waals surface area contributed by atoms with Crippen LogP contribution in [0.3, 0.4) is 0 Å². The third-order valence-corrected chi connectivity index (χ3v) is 2.88. The molecule has 2 aromatic rings. The molecular weight excluding hydrogens is 608 g/mol. The first kappa shape index (κ1) is 36.8. The summed E-state index contributed by atoms with van der Waals surface area (Å²) < 4.78 is 4.05. The third kappa shape index (κ3) is 59.2. The molecule has 2 rings (SSSR count). The Morgan fingerprint density at radius 3 is 1.48 bits per heavy atom. The van der Waals surface area contributed by atoms with Gasteiger partial charge in [0.15, 0.2) is 0 Å². The molecule has 190 valence electrons. The molecule has 0 saturated carbocycles. The number of aliphatic hydroxyl groups is 1. The van der Waals surface area contributed by atoms with Gasteiger partial charge in [-0.3, -0.25) is 0 Å². The maximum atomic E-state index is 8.52. The van der Waals surface area contributed by atoms with Crippen LogP contribution in [0.15, 0.2) is 58.1 Å². The van der Waals surface area contributed by atoms with E-state index >= 15 is 0 Å². The van der Waals surface area contributed by atoms with Crippen LogP contribution in [-0.4, -0.2) is 45.9 Å². The van der Waals surface area contributed by atoms with Gasteiger partial charge in [0.1, 0.15) is 0 Å². The van der Waals surface area contributed by atoms with E-state index in [0.29, 0.717) is 0 Å². The summed E-state index contributed by atoms with van der Waals surface area (Å²) in [6, 6.07) is 21.2. The maximum absolute atomic E-state index is 8.52. The van der Waals surface area contributed by atoms with Crippen LogP contribution in [0, 0.1) is 19.2 Å². The second kappa shape index (κ2) is 19.6. The summed E-state index contributed by atoms with van der Waals surface area (Å²) in [5, 5.41) is 8.52. The van der Waals surface area contributed by atoms with Gasteiger partial charge in [-0.2, -0.15) is 30.3 Å². The van der Waals surface area contributed by atoms with Gasteiger partial charge in [-0.1, -0.05) is 39.3 Å². The third-order valence-electron chi connectivity index (χ3n) is 2.12. The summed E-state index contributed by atoms with van der Waals surface area (Å²) in [4.78, 5) is 2.13. The van der Waals surface area contributed by atoms with Gasteiger partial charge in [0.05, 0.1) is 5.60 Å². The van der Waals surface area contributed by atoms with Crippen LogP contribution in [0.4, 0.5) is 5.69 Å². The standard InChI is InChI=1S/C9H12N.C6H5N.C4H10O.2C4H11Si.W/c1-10(2)8-9-6-4-3-5-7-9;7-6-4-2-1-3-5-6;1-4(2,3)5;2*1-5(2,3)4;/h3-6H,8H2,1-2H3;1-5H;5H,1-3H3;2*1H2,2-4H3;/q-1;;;2*-1;. The Morgan fingerprint density at radius 2 is 1.24 bits per heavy atom. The van der Waals surface area contributed by atoms with Crippen LogP contribution in [0.2, 0.25) is 39.3 Å². The van der Waals surface area contributed by atoms with Crippen molar-refractivity contribution in [3.05, 3.63) is 79.3 Å². The zero-order valence-electron chi connectivity index (χ0n) is 23.1. The average Bonchev–Trinajstić information content (AvgIpc) is 2.59. The van der Waals surface area contributed by atoms with E-state index in [4.69, 9.17) is 5.11 Å². The fourth-order valence-corrected chi connectivity index (χ4v) is 1.80. The SMILES string of the molecule is CC(C)(C)O.CN(C)Cc1[c-]cccc1.[CH2-][Si](C)(C)C.[CH2-][Si](C)(C)C.[W]=[N]c1ccccc1. The molecule has 0 spiro atoms. The monoisotopic (exact) mass is 657 g/mol. The van der Waals surface area contributed by atoms with Crippen LogP contribution in [0.25, 0.3) is 0 Å². The van der Waals surface area contributed by atoms with Crippen molar-refractivity contribution >= 4 is 21.8 Å². The van der Waals surface area contributed by atoms with Crippen molar-refractivity contribution in [2.75, 3.05) is 14.1 Å². The van der Waals surface area contributed by atoms with E-state index in [0.717, 1.165) is 12.2 Å². The Labute approximate surface area is 219 Å². The Balaban J connectivity index is -0.000000355. The first-order valence-corrected chi connectivity index (χ1v) is 19.9. The van der Waals surface area contributed by atoms with E-state index in [2.05, 4.69) is 87.0 Å². The molecule has 33 heavy (non-hydrogen) atoms. The van der Waals surface area contributed by atoms with Crippen LogP contribution in [-0.2, 0) is 26.2 Å². The van der Waals surface area contributed by atoms with Crippen LogP contribution in [0.1, 0.15) is 26.3 Å². The van der Waals surface area contributed by atoms with Gasteiger partial charge in [0, 0.05) is 6.54 Å². The average molecular weight is 658 g/mol. The molecule has 0 saturated heterocycles. The molecule has 0 aromatic heterocycles. The summed E-state index contributed by atoms with van der Waals surface area (Å²) >= 11 is 1.26. The van der Waals surface area contributed by atoms with Crippen molar-refractivity contribution in [2.24, 2.45) is 3.50 Å². The van der Waals surface area contributed by atoms with Gasteiger partial charge in [-0.25, -0.2) is 0 Å². The molecule has 6 heteroatoms. The summed E-state index contributed by atoms with van der Waals surface area (Å²) in [5.41, 5.74) is 1.81. The number of benzene rings is 2. The fraction of sp³-hybridized carbons (Fsp3) is 0.481. The fourth-order valence-electron chi connectivity index (χ4n) is 1.36. The molecule has 2 aromatic carbocycles. The van der Waals surface area contributed by atoms with E-state index in [-0.39, 0.29) is 0 Å². The van der Waals surface area contributed by atoms with Crippen LogP contribution < -0.4 is 0 Å². The van der Waals surface area contributed by atoms with E-state index < -0.39 is 21.7 Å². The van der Waals surface area contributed by atoms with E-state index in [1.165, 1.54) is 25.2 Å². The van der Waals surface area contributed by atoms with Gasteiger partial charge in [0.2, 0.25) is 0 Å². The van der Waals surface area contributed by atoms with Crippen molar-refractivity contribution in [1.82, 2.24) is 4.90 Å². The van der Waals surface area contributed by atoms with E-state index in [9.17, 15) is 0 Å².